The van der Waals surface area contributed by atoms with Crippen LogP contribution in [0.2, 0.25) is 0 Å². The molecule has 0 fully saturated rings. The topological polar surface area (TPSA) is 139 Å². The van der Waals surface area contributed by atoms with E-state index in [0.29, 0.717) is 0 Å². The number of carboxylic acid groups (broad SMARTS) is 1. The lowest BCUT2D eigenvalue weighted by Gasteiger charge is -2.04. The molecule has 0 saturated carbocycles. The average molecular weight is 273 g/mol. The minimum Gasteiger partial charge on any atom is -0.477 e. The number of carboxylic acids is 1. The van der Waals surface area contributed by atoms with Gasteiger partial charge in [-0.1, -0.05) is 0 Å². The molecule has 0 aliphatic carbocycles. The normalized spacial score (nSPS) is 10.9. The number of nitrogens with one attached hydrogen (secondary N) is 1. The lowest BCUT2D eigenvalue weighted by molar-refractivity contribution is 0.0690. The zero-order valence-electron chi connectivity index (χ0n) is 9.16. The van der Waals surface area contributed by atoms with Crippen LogP contribution in [0.25, 0.3) is 0 Å². The largest absolute Gasteiger partial charge is 0.477 e. The summed E-state index contributed by atoms with van der Waals surface area (Å²) in [6, 6.07) is 2.41. The molecule has 0 atom stereocenters. The van der Waals surface area contributed by atoms with Crippen molar-refractivity contribution in [2.24, 2.45) is 5.14 Å². The summed E-state index contributed by atoms with van der Waals surface area (Å²) in [5.74, 6) is -2.24. The first kappa shape index (κ1) is 14.1. The zero-order valence-corrected chi connectivity index (χ0v) is 9.98. The van der Waals surface area contributed by atoms with Crippen LogP contribution in [-0.4, -0.2) is 42.7 Å². The van der Waals surface area contributed by atoms with Crippen molar-refractivity contribution in [2.75, 3.05) is 12.3 Å². The Hall–Kier alpha value is -2.00. The molecule has 0 aromatic carbocycles. The summed E-state index contributed by atoms with van der Waals surface area (Å²) in [6.45, 7) is -0.150. The molecule has 1 rings (SSSR count). The minimum atomic E-state index is -3.64. The highest BCUT2D eigenvalue weighted by Gasteiger charge is 2.11. The van der Waals surface area contributed by atoms with Crippen LogP contribution in [0, 0.1) is 0 Å². The van der Waals surface area contributed by atoms with Gasteiger partial charge in [-0.15, -0.1) is 0 Å². The van der Waals surface area contributed by atoms with Gasteiger partial charge in [0.2, 0.25) is 10.0 Å². The lowest BCUT2D eigenvalue weighted by Crippen LogP contribution is -2.31. The van der Waals surface area contributed by atoms with E-state index in [4.69, 9.17) is 10.2 Å². The molecule has 0 aliphatic heterocycles. The van der Waals surface area contributed by atoms with Crippen LogP contribution < -0.4 is 10.5 Å². The van der Waals surface area contributed by atoms with E-state index in [9.17, 15) is 18.0 Å². The Balaban J connectivity index is 2.67. The van der Waals surface area contributed by atoms with Crippen LogP contribution in [0.3, 0.4) is 0 Å². The van der Waals surface area contributed by atoms with Gasteiger partial charge >= 0.3 is 5.97 Å². The molecule has 1 aromatic heterocycles. The number of pyridine rings is 1. The number of nitrogens with two attached hydrogens (primary N) is 1. The summed E-state index contributed by atoms with van der Waals surface area (Å²) < 4.78 is 21.3. The molecule has 18 heavy (non-hydrogen) atoms. The molecule has 1 heterocycles. The van der Waals surface area contributed by atoms with Crippen molar-refractivity contribution in [2.45, 2.75) is 0 Å². The van der Waals surface area contributed by atoms with Gasteiger partial charge in [-0.2, -0.15) is 0 Å². The summed E-state index contributed by atoms with van der Waals surface area (Å²) in [5, 5.41) is 15.7. The molecule has 0 saturated heterocycles. The first-order valence-corrected chi connectivity index (χ1v) is 6.49. The number of sulfonamides is 1. The molecule has 8 nitrogen and oxygen atoms in total. The number of primary sulfonamides is 1. The molecule has 9 heteroatoms. The highest BCUT2D eigenvalue weighted by Crippen LogP contribution is 2.01. The van der Waals surface area contributed by atoms with Crippen LogP contribution in [0.5, 0.6) is 0 Å². The fourth-order valence-corrected chi connectivity index (χ4v) is 1.48. The second-order valence-electron chi connectivity index (χ2n) is 3.36. The van der Waals surface area contributed by atoms with Crippen molar-refractivity contribution >= 4 is 21.9 Å². The minimum absolute atomic E-state index is 0.0804. The molecule has 0 radical (unpaired) electrons. The maximum atomic E-state index is 11.5. The Morgan fingerprint density at radius 2 is 2.11 bits per heavy atom. The zero-order chi connectivity index (χ0) is 13.8. The Labute approximate surface area is 103 Å². The highest BCUT2D eigenvalue weighted by molar-refractivity contribution is 7.89. The van der Waals surface area contributed by atoms with Gasteiger partial charge in [0.15, 0.2) is 0 Å². The molecule has 1 amide bonds. The predicted molar refractivity (Wildman–Crippen MR) is 61.5 cm³/mol. The maximum absolute atomic E-state index is 11.5. The van der Waals surface area contributed by atoms with Gasteiger partial charge in [-0.3, -0.25) is 4.79 Å². The third-order valence-corrected chi connectivity index (χ3v) is 2.69. The van der Waals surface area contributed by atoms with E-state index in [0.717, 1.165) is 6.07 Å². The van der Waals surface area contributed by atoms with Crippen molar-refractivity contribution in [3.8, 4) is 0 Å². The van der Waals surface area contributed by atoms with E-state index in [1.165, 1.54) is 12.3 Å². The quantitative estimate of drug-likeness (QED) is 0.615. The monoisotopic (exact) mass is 273 g/mol. The number of hydrogen-bond donors (Lipinski definition) is 3. The fraction of sp³-hybridized carbons (Fsp3) is 0.222. The van der Waals surface area contributed by atoms with Crippen LogP contribution in [0.15, 0.2) is 18.3 Å². The summed E-state index contributed by atoms with van der Waals surface area (Å²) in [7, 11) is -3.64. The molecular weight excluding hydrogens is 262 g/mol. The van der Waals surface area contributed by atoms with E-state index in [1.807, 2.05) is 0 Å². The summed E-state index contributed by atoms with van der Waals surface area (Å²) in [6.07, 6.45) is 1.18. The van der Waals surface area contributed by atoms with Crippen LogP contribution >= 0.6 is 0 Å². The summed E-state index contributed by atoms with van der Waals surface area (Å²) in [5.41, 5.74) is -0.189. The number of carbonyl (C=O) groups excluding carboxylic acids is 1. The number of carbonyl (C=O) groups is 2. The fourth-order valence-electron chi connectivity index (χ4n) is 1.10. The van der Waals surface area contributed by atoms with Gasteiger partial charge in [-0.25, -0.2) is 23.3 Å². The van der Waals surface area contributed by atoms with Crippen molar-refractivity contribution in [3.63, 3.8) is 0 Å². The first-order chi connectivity index (χ1) is 8.29. The van der Waals surface area contributed by atoms with E-state index in [1.54, 1.807) is 0 Å². The van der Waals surface area contributed by atoms with Crippen LogP contribution in [0.1, 0.15) is 20.8 Å². The number of amides is 1. The van der Waals surface area contributed by atoms with Gasteiger partial charge in [0.1, 0.15) is 5.69 Å². The number of aromatic nitrogens is 1. The second-order valence-corrected chi connectivity index (χ2v) is 5.09. The molecule has 0 aliphatic rings. The Morgan fingerprint density at radius 3 is 2.67 bits per heavy atom. The van der Waals surface area contributed by atoms with Gasteiger partial charge in [0.25, 0.3) is 5.91 Å². The second kappa shape index (κ2) is 5.56. The third-order valence-electron chi connectivity index (χ3n) is 1.91. The molecule has 4 N–H and O–H groups in total. The third kappa shape index (κ3) is 4.47. The smallest absolute Gasteiger partial charge is 0.354 e. The molecular formula is C9H11N3O5S. The van der Waals surface area contributed by atoms with Gasteiger partial charge in [-0.05, 0) is 12.1 Å². The van der Waals surface area contributed by atoms with E-state index in [2.05, 4.69) is 10.3 Å². The summed E-state index contributed by atoms with van der Waals surface area (Å²) in [4.78, 5) is 25.7. The average Bonchev–Trinajstić information content (AvgIpc) is 2.27. The van der Waals surface area contributed by atoms with Crippen molar-refractivity contribution in [1.29, 1.82) is 0 Å². The van der Waals surface area contributed by atoms with Gasteiger partial charge in [0.05, 0.1) is 5.75 Å². The van der Waals surface area contributed by atoms with Crippen molar-refractivity contribution in [3.05, 3.63) is 29.6 Å². The predicted octanol–water partition coefficient (Wildman–Crippen LogP) is -1.20. The SMILES string of the molecule is NS(=O)(=O)CCNC(=O)c1ccnc(C(=O)O)c1. The van der Waals surface area contributed by atoms with E-state index < -0.39 is 27.7 Å². The number of aromatic carboxylic acids is 1. The Morgan fingerprint density at radius 1 is 1.44 bits per heavy atom. The van der Waals surface area contributed by atoms with E-state index >= 15 is 0 Å². The number of nitrogens with zero attached hydrogens (tertiary/aromatic N) is 1. The molecule has 1 aromatic rings. The van der Waals surface area contributed by atoms with Crippen LogP contribution in [-0.2, 0) is 10.0 Å². The highest BCUT2D eigenvalue weighted by atomic mass is 32.2. The molecule has 98 valence electrons. The van der Waals surface area contributed by atoms with E-state index in [-0.39, 0.29) is 17.8 Å². The number of hydrogen-bond acceptors (Lipinski definition) is 5. The Bertz CT molecular complexity index is 569. The Kier molecular flexibility index (Phi) is 4.34. The molecule has 0 bridgehead atoms. The molecule has 0 spiro atoms. The van der Waals surface area contributed by atoms with Crippen LogP contribution in [0.4, 0.5) is 0 Å². The van der Waals surface area contributed by atoms with Crippen molar-refractivity contribution < 1.29 is 23.1 Å². The number of rotatable bonds is 5. The standard InChI is InChI=1S/C9H11N3O5S/c10-18(16,17)4-3-12-8(13)6-1-2-11-7(5-6)9(14)15/h1-2,5H,3-4H2,(H,12,13)(H,14,15)(H2,10,16,17). The van der Waals surface area contributed by atoms with Gasteiger partial charge in [0, 0.05) is 18.3 Å². The lowest BCUT2D eigenvalue weighted by atomic mass is 10.2. The first-order valence-electron chi connectivity index (χ1n) is 4.77. The molecule has 0 unspecified atom stereocenters. The van der Waals surface area contributed by atoms with Gasteiger partial charge < -0.3 is 10.4 Å². The summed E-state index contributed by atoms with van der Waals surface area (Å²) >= 11 is 0. The van der Waals surface area contributed by atoms with Crippen molar-refractivity contribution in [1.82, 2.24) is 10.3 Å². The maximum Gasteiger partial charge on any atom is 0.354 e.